The lowest BCUT2D eigenvalue weighted by atomic mass is 9.93. The highest BCUT2D eigenvalue weighted by Crippen LogP contribution is 2.25. The second-order valence-corrected chi connectivity index (χ2v) is 6.44. The van der Waals surface area contributed by atoms with E-state index in [9.17, 15) is 9.59 Å². The number of carbonyl (C=O) groups excluding carboxylic acids is 1. The topological polar surface area (TPSA) is 57.6 Å². The van der Waals surface area contributed by atoms with Gasteiger partial charge in [-0.1, -0.05) is 39.0 Å². The Morgan fingerprint density at radius 1 is 1.19 bits per heavy atom. The maximum Gasteiger partial charge on any atom is 0.323 e. The van der Waals surface area contributed by atoms with E-state index in [0.717, 1.165) is 0 Å². The SMILES string of the molecule is CC(C)CC(C(=O)N(CC(=O)O)c1ccccc1)C(C)S. The van der Waals surface area contributed by atoms with Crippen LogP contribution < -0.4 is 4.90 Å². The quantitative estimate of drug-likeness (QED) is 0.761. The van der Waals surface area contributed by atoms with Gasteiger partial charge in [0.25, 0.3) is 0 Å². The van der Waals surface area contributed by atoms with Crippen LogP contribution in [0.1, 0.15) is 27.2 Å². The summed E-state index contributed by atoms with van der Waals surface area (Å²) in [4.78, 5) is 25.2. The number of carboxylic acids is 1. The minimum Gasteiger partial charge on any atom is -0.480 e. The highest BCUT2D eigenvalue weighted by atomic mass is 32.1. The number of para-hydroxylation sites is 1. The van der Waals surface area contributed by atoms with Crippen LogP contribution in [0.2, 0.25) is 0 Å². The van der Waals surface area contributed by atoms with Gasteiger partial charge in [-0.2, -0.15) is 12.6 Å². The van der Waals surface area contributed by atoms with Gasteiger partial charge in [0, 0.05) is 10.9 Å². The Morgan fingerprint density at radius 3 is 2.19 bits per heavy atom. The molecule has 0 aliphatic rings. The predicted molar refractivity (Wildman–Crippen MR) is 87.8 cm³/mol. The summed E-state index contributed by atoms with van der Waals surface area (Å²) in [6, 6.07) is 8.91. The van der Waals surface area contributed by atoms with Gasteiger partial charge in [0.2, 0.25) is 5.91 Å². The molecule has 5 heteroatoms. The summed E-state index contributed by atoms with van der Waals surface area (Å²) >= 11 is 4.41. The first-order valence-electron chi connectivity index (χ1n) is 7.09. The Bertz CT molecular complexity index is 474. The highest BCUT2D eigenvalue weighted by Gasteiger charge is 2.30. The maximum atomic E-state index is 12.8. The van der Waals surface area contributed by atoms with Gasteiger partial charge in [-0.05, 0) is 24.5 Å². The second-order valence-electron chi connectivity index (χ2n) is 5.63. The van der Waals surface area contributed by atoms with E-state index in [1.807, 2.05) is 26.8 Å². The Hall–Kier alpha value is -1.49. The van der Waals surface area contributed by atoms with Crippen molar-refractivity contribution < 1.29 is 14.7 Å². The summed E-state index contributed by atoms with van der Waals surface area (Å²) < 4.78 is 0. The number of aliphatic carboxylic acids is 1. The number of hydrogen-bond donors (Lipinski definition) is 2. The normalized spacial score (nSPS) is 13.8. The number of thiol groups is 1. The minimum absolute atomic E-state index is 0.125. The number of amides is 1. The van der Waals surface area contributed by atoms with E-state index < -0.39 is 5.97 Å². The molecule has 116 valence electrons. The van der Waals surface area contributed by atoms with E-state index in [-0.39, 0.29) is 23.6 Å². The molecule has 0 aliphatic carbocycles. The molecule has 0 spiro atoms. The maximum absolute atomic E-state index is 12.8. The second kappa shape index (κ2) is 8.08. The largest absolute Gasteiger partial charge is 0.480 e. The van der Waals surface area contributed by atoms with Crippen LogP contribution >= 0.6 is 12.6 Å². The molecule has 1 aromatic rings. The molecule has 1 rings (SSSR count). The fourth-order valence-corrected chi connectivity index (χ4v) is 2.50. The van der Waals surface area contributed by atoms with E-state index in [1.165, 1.54) is 4.90 Å². The average molecular weight is 309 g/mol. The minimum atomic E-state index is -1.03. The van der Waals surface area contributed by atoms with Crippen LogP contribution in [0, 0.1) is 11.8 Å². The highest BCUT2D eigenvalue weighted by molar-refractivity contribution is 7.81. The van der Waals surface area contributed by atoms with Crippen molar-refractivity contribution in [3.63, 3.8) is 0 Å². The molecule has 21 heavy (non-hydrogen) atoms. The molecular weight excluding hydrogens is 286 g/mol. The third kappa shape index (κ3) is 5.42. The predicted octanol–water partition coefficient (Wildman–Crippen LogP) is 3.08. The van der Waals surface area contributed by atoms with Gasteiger partial charge in [-0.3, -0.25) is 9.59 Å². The summed E-state index contributed by atoms with van der Waals surface area (Å²) in [5.74, 6) is -1.16. The molecule has 1 amide bonds. The Labute approximate surface area is 131 Å². The van der Waals surface area contributed by atoms with Gasteiger partial charge in [0.1, 0.15) is 6.54 Å². The first-order chi connectivity index (χ1) is 9.82. The van der Waals surface area contributed by atoms with Gasteiger partial charge >= 0.3 is 5.97 Å². The molecule has 0 bridgehead atoms. The number of hydrogen-bond acceptors (Lipinski definition) is 3. The number of nitrogens with zero attached hydrogens (tertiary/aromatic N) is 1. The molecule has 0 saturated carbocycles. The average Bonchev–Trinajstić information content (AvgIpc) is 2.41. The van der Waals surface area contributed by atoms with Crippen molar-refractivity contribution in [3.8, 4) is 0 Å². The van der Waals surface area contributed by atoms with E-state index in [4.69, 9.17) is 5.11 Å². The number of anilines is 1. The van der Waals surface area contributed by atoms with Crippen molar-refractivity contribution in [2.24, 2.45) is 11.8 Å². The van der Waals surface area contributed by atoms with Crippen molar-refractivity contribution in [3.05, 3.63) is 30.3 Å². The van der Waals surface area contributed by atoms with Gasteiger partial charge < -0.3 is 10.0 Å². The lowest BCUT2D eigenvalue weighted by Crippen LogP contribution is -2.42. The summed E-state index contributed by atoms with van der Waals surface area (Å²) in [6.07, 6.45) is 0.687. The number of carbonyl (C=O) groups is 2. The van der Waals surface area contributed by atoms with Crippen molar-refractivity contribution in [1.29, 1.82) is 0 Å². The monoisotopic (exact) mass is 309 g/mol. The molecule has 0 heterocycles. The smallest absolute Gasteiger partial charge is 0.323 e. The van der Waals surface area contributed by atoms with E-state index in [1.54, 1.807) is 24.3 Å². The molecule has 4 nitrogen and oxygen atoms in total. The van der Waals surface area contributed by atoms with Crippen molar-refractivity contribution in [2.45, 2.75) is 32.4 Å². The molecule has 0 radical (unpaired) electrons. The van der Waals surface area contributed by atoms with E-state index in [2.05, 4.69) is 12.6 Å². The van der Waals surface area contributed by atoms with E-state index in [0.29, 0.717) is 18.0 Å². The number of benzene rings is 1. The molecule has 2 unspecified atom stereocenters. The van der Waals surface area contributed by atoms with Gasteiger partial charge in [0.05, 0.1) is 5.92 Å². The lowest BCUT2D eigenvalue weighted by molar-refractivity contribution is -0.137. The zero-order valence-corrected chi connectivity index (χ0v) is 13.6. The van der Waals surface area contributed by atoms with Crippen LogP contribution in [0.5, 0.6) is 0 Å². The molecule has 0 fully saturated rings. The number of carboxylic acid groups (broad SMARTS) is 1. The molecule has 0 saturated heterocycles. The van der Waals surface area contributed by atoms with Crippen LogP contribution in [0.25, 0.3) is 0 Å². The van der Waals surface area contributed by atoms with Crippen LogP contribution in [0.3, 0.4) is 0 Å². The van der Waals surface area contributed by atoms with E-state index >= 15 is 0 Å². The van der Waals surface area contributed by atoms with Gasteiger partial charge in [0.15, 0.2) is 0 Å². The van der Waals surface area contributed by atoms with Crippen LogP contribution in [0.15, 0.2) is 30.3 Å². The standard InChI is InChI=1S/C16H23NO3S/c1-11(2)9-14(12(3)21)16(20)17(10-15(18)19)13-7-5-4-6-8-13/h4-8,11-12,14,21H,9-10H2,1-3H3,(H,18,19). The first-order valence-corrected chi connectivity index (χ1v) is 7.60. The number of rotatable bonds is 7. The summed E-state index contributed by atoms with van der Waals surface area (Å²) in [7, 11) is 0. The lowest BCUT2D eigenvalue weighted by Gasteiger charge is -2.29. The van der Waals surface area contributed by atoms with Crippen LogP contribution in [-0.2, 0) is 9.59 Å². The fourth-order valence-electron chi connectivity index (χ4n) is 2.25. The fraction of sp³-hybridized carbons (Fsp3) is 0.500. The molecule has 0 aliphatic heterocycles. The Kier molecular flexibility index (Phi) is 6.75. The van der Waals surface area contributed by atoms with Crippen LogP contribution in [0.4, 0.5) is 5.69 Å². The molecular formula is C16H23NO3S. The third-order valence-corrected chi connectivity index (χ3v) is 3.61. The third-order valence-electron chi connectivity index (χ3n) is 3.25. The summed E-state index contributed by atoms with van der Waals surface area (Å²) in [5.41, 5.74) is 0.604. The zero-order chi connectivity index (χ0) is 16.0. The zero-order valence-electron chi connectivity index (χ0n) is 12.7. The first kappa shape index (κ1) is 17.6. The summed E-state index contributed by atoms with van der Waals surface area (Å²) in [5, 5.41) is 8.96. The summed E-state index contributed by atoms with van der Waals surface area (Å²) in [6.45, 7) is 5.62. The molecule has 0 aromatic heterocycles. The van der Waals surface area contributed by atoms with Gasteiger partial charge in [-0.15, -0.1) is 0 Å². The van der Waals surface area contributed by atoms with Gasteiger partial charge in [-0.25, -0.2) is 0 Å². The molecule has 1 aromatic carbocycles. The van der Waals surface area contributed by atoms with Crippen molar-refractivity contribution in [2.75, 3.05) is 11.4 Å². The Morgan fingerprint density at radius 2 is 1.76 bits per heavy atom. The van der Waals surface area contributed by atoms with Crippen molar-refractivity contribution in [1.82, 2.24) is 0 Å². The Balaban J connectivity index is 3.06. The molecule has 1 N–H and O–H groups in total. The van der Waals surface area contributed by atoms with Crippen LogP contribution in [-0.4, -0.2) is 28.8 Å². The molecule has 2 atom stereocenters. The van der Waals surface area contributed by atoms with Crippen molar-refractivity contribution >= 4 is 30.2 Å².